The topological polar surface area (TPSA) is 23.8 Å². The van der Waals surface area contributed by atoms with Crippen LogP contribution in [0.25, 0.3) is 0 Å². The van der Waals surface area contributed by atoms with Gasteiger partial charge < -0.3 is 0 Å². The molecule has 0 heterocycles. The van der Waals surface area contributed by atoms with Crippen LogP contribution < -0.4 is 0 Å². The van der Waals surface area contributed by atoms with Gasteiger partial charge in [0, 0.05) is 26.1 Å². The van der Waals surface area contributed by atoms with Crippen LogP contribution in [0.2, 0.25) is 0 Å². The van der Waals surface area contributed by atoms with Crippen molar-refractivity contribution in [1.29, 1.82) is 5.26 Å². The summed E-state index contributed by atoms with van der Waals surface area (Å²) in [6.45, 7) is 3.50. The van der Waals surface area contributed by atoms with E-state index in [2.05, 4.69) is 6.57 Å². The van der Waals surface area contributed by atoms with Crippen molar-refractivity contribution in [3.63, 3.8) is 0 Å². The summed E-state index contributed by atoms with van der Waals surface area (Å²) < 4.78 is 0. The van der Waals surface area contributed by atoms with Crippen LogP contribution >= 0.6 is 0 Å². The van der Waals surface area contributed by atoms with Crippen LogP contribution in [0, 0.1) is 11.8 Å². The predicted octanol–water partition coefficient (Wildman–Crippen LogP) is -0.779. The Labute approximate surface area is 68.1 Å². The van der Waals surface area contributed by atoms with Gasteiger partial charge in [0.05, 0.1) is 0 Å². The number of hydrogen-bond donors (Lipinski definition) is 0. The fourth-order valence-corrected chi connectivity index (χ4v) is 0. The first-order chi connectivity index (χ1) is 1.00. The molecule has 0 bridgehead atoms. The average Bonchev–Trinajstić information content (AvgIpc) is 1.00. The van der Waals surface area contributed by atoms with Gasteiger partial charge in [0.2, 0.25) is 0 Å². The summed E-state index contributed by atoms with van der Waals surface area (Å²) in [5.74, 6) is 0. The van der Waals surface area contributed by atoms with Gasteiger partial charge in [0.1, 0.15) is 0 Å². The van der Waals surface area contributed by atoms with Crippen LogP contribution in [0.1, 0.15) is 0 Å². The minimum Gasteiger partial charge on any atom is 0 e. The zero-order chi connectivity index (χ0) is 2.00. The average molecular weight is 135 g/mol. The number of rotatable bonds is 0. The van der Waals surface area contributed by atoms with E-state index in [1.807, 2.05) is 0 Å². The molecule has 0 N–H and O–H groups in total. The largest absolute Gasteiger partial charge is 0 e. The number of nitrogens with zero attached hydrogens (tertiary/aromatic N) is 1. The molecule has 0 saturated heterocycles. The molecule has 0 atom stereocenters. The summed E-state index contributed by atoms with van der Waals surface area (Å²) in [7, 11) is 0. The van der Waals surface area contributed by atoms with Crippen LogP contribution in [0.15, 0.2) is 0 Å². The van der Waals surface area contributed by atoms with Gasteiger partial charge >= 0.3 is 37.7 Å². The molecule has 0 unspecified atom stereocenters. The summed E-state index contributed by atoms with van der Waals surface area (Å²) in [5.41, 5.74) is 0. The molecular formula is CH3CaNZn. The van der Waals surface area contributed by atoms with E-state index in [0.717, 1.165) is 0 Å². The van der Waals surface area contributed by atoms with Gasteiger partial charge in [0.25, 0.3) is 0 Å². The van der Waals surface area contributed by atoms with E-state index in [1.165, 1.54) is 0 Å². The van der Waals surface area contributed by atoms with Gasteiger partial charge in [-0.2, -0.15) is 0 Å². The van der Waals surface area contributed by atoms with E-state index in [9.17, 15) is 0 Å². The molecule has 0 aliphatic heterocycles. The second-order valence-corrected chi connectivity index (χ2v) is 0. The van der Waals surface area contributed by atoms with Crippen molar-refractivity contribution in [1.82, 2.24) is 0 Å². The molecule has 0 amide bonds. The molecule has 0 aromatic carbocycles. The van der Waals surface area contributed by atoms with E-state index in [-0.39, 0.29) is 57.2 Å². The quantitative estimate of drug-likeness (QED) is 0.399. The number of hydrogen-bond acceptors (Lipinski definition) is 1. The third-order valence-corrected chi connectivity index (χ3v) is 0. The van der Waals surface area contributed by atoms with Crippen molar-refractivity contribution in [2.45, 2.75) is 0 Å². The van der Waals surface area contributed by atoms with Crippen LogP contribution in [-0.2, 0) is 19.5 Å². The van der Waals surface area contributed by atoms with Gasteiger partial charge in [-0.3, -0.25) is 0 Å². The molecule has 0 spiro atoms. The summed E-state index contributed by atoms with van der Waals surface area (Å²) in [4.78, 5) is 0. The van der Waals surface area contributed by atoms with E-state index < -0.39 is 0 Å². The fourth-order valence-electron chi connectivity index (χ4n) is 0. The first-order valence-corrected chi connectivity index (χ1v) is 0.258. The molecule has 0 saturated carbocycles. The molecule has 16 valence electrons. The Hall–Kier alpha value is 1.37. The first kappa shape index (κ1) is 18.2. The van der Waals surface area contributed by atoms with Crippen molar-refractivity contribution in [3.8, 4) is 6.57 Å². The Balaban J connectivity index is -0.00000000500. The van der Waals surface area contributed by atoms with Crippen molar-refractivity contribution in [2.75, 3.05) is 0 Å². The SMILES string of the molecule is C#N.[CaH2].[Zn]. The Morgan fingerprint density at radius 1 is 1.25 bits per heavy atom. The summed E-state index contributed by atoms with van der Waals surface area (Å²) >= 11 is 0. The molecule has 0 aliphatic rings. The van der Waals surface area contributed by atoms with Crippen LogP contribution in [0.3, 0.4) is 0 Å². The fraction of sp³-hybridized carbons (Fsp3) is 0. The van der Waals surface area contributed by atoms with E-state index in [0.29, 0.717) is 0 Å². The second kappa shape index (κ2) is 26.4. The molecule has 1 nitrogen and oxygen atoms in total. The Morgan fingerprint density at radius 3 is 1.25 bits per heavy atom. The van der Waals surface area contributed by atoms with E-state index >= 15 is 0 Å². The van der Waals surface area contributed by atoms with Crippen molar-refractivity contribution < 1.29 is 19.5 Å². The standard InChI is InChI=1S/CHN.Ca.Zn.2H/c1-2;;;;/h1H;;;;. The maximum Gasteiger partial charge on any atom is 0 e. The summed E-state index contributed by atoms with van der Waals surface area (Å²) in [6.07, 6.45) is 0. The minimum atomic E-state index is 0. The van der Waals surface area contributed by atoms with Gasteiger partial charge in [-0.1, -0.05) is 0 Å². The molecule has 0 aliphatic carbocycles. The molecule has 0 fully saturated rings. The first-order valence-electron chi connectivity index (χ1n) is 0.258. The Bertz CT molecular complexity index is 12.8. The van der Waals surface area contributed by atoms with Crippen LogP contribution in [-0.4, -0.2) is 37.7 Å². The van der Waals surface area contributed by atoms with Crippen molar-refractivity contribution in [2.24, 2.45) is 0 Å². The normalized spacial score (nSPS) is 0.500. The van der Waals surface area contributed by atoms with E-state index in [4.69, 9.17) is 5.26 Å². The van der Waals surface area contributed by atoms with Gasteiger partial charge in [-0.05, 0) is 0 Å². The molecule has 0 aromatic rings. The zero-order valence-electron chi connectivity index (χ0n) is 1.73. The monoisotopic (exact) mass is 133 g/mol. The second-order valence-electron chi connectivity index (χ2n) is 0. The van der Waals surface area contributed by atoms with Crippen LogP contribution in [0.5, 0.6) is 0 Å². The van der Waals surface area contributed by atoms with Crippen LogP contribution in [0.4, 0.5) is 0 Å². The third kappa shape index (κ3) is 10.1. The number of nitriles is 1. The Kier molecular flexibility index (Phi) is 120. The molecular weight excluding hydrogens is 131 g/mol. The molecule has 3 heteroatoms. The van der Waals surface area contributed by atoms with Gasteiger partial charge in [-0.25, -0.2) is 5.26 Å². The van der Waals surface area contributed by atoms with Gasteiger partial charge in [0.15, 0.2) is 0 Å². The Morgan fingerprint density at radius 2 is 1.25 bits per heavy atom. The molecule has 0 rings (SSSR count). The predicted molar refractivity (Wildman–Crippen MR) is 15.2 cm³/mol. The molecule has 0 radical (unpaired) electrons. The zero-order valence-corrected chi connectivity index (χ0v) is 4.70. The third-order valence-electron chi connectivity index (χ3n) is 0. The molecule has 4 heavy (non-hydrogen) atoms. The smallest absolute Gasteiger partial charge is 0 e. The van der Waals surface area contributed by atoms with Gasteiger partial charge in [-0.15, -0.1) is 0 Å². The van der Waals surface area contributed by atoms with Crippen molar-refractivity contribution >= 4 is 37.7 Å². The summed E-state index contributed by atoms with van der Waals surface area (Å²) in [5, 5.41) is 6.50. The van der Waals surface area contributed by atoms with Crippen molar-refractivity contribution in [3.05, 3.63) is 0 Å². The summed E-state index contributed by atoms with van der Waals surface area (Å²) in [6, 6.07) is 0. The minimum absolute atomic E-state index is 0. The maximum absolute atomic E-state index is 6.50. The van der Waals surface area contributed by atoms with E-state index in [1.54, 1.807) is 0 Å². The maximum atomic E-state index is 6.50. The molecule has 0 aromatic heterocycles.